The van der Waals surface area contributed by atoms with Crippen molar-refractivity contribution in [2.75, 3.05) is 18.0 Å². The fourth-order valence-electron chi connectivity index (χ4n) is 2.85. The molecule has 2 unspecified atom stereocenters. The monoisotopic (exact) mass is 262 g/mol. The van der Waals surface area contributed by atoms with Crippen LogP contribution in [0.25, 0.3) is 5.65 Å². The summed E-state index contributed by atoms with van der Waals surface area (Å²) in [6, 6.07) is 2.13. The Morgan fingerprint density at radius 2 is 2.42 bits per heavy atom. The zero-order valence-electron chi connectivity index (χ0n) is 10.9. The molecule has 7 nitrogen and oxygen atoms in total. The maximum atomic E-state index is 11.4. The van der Waals surface area contributed by atoms with Crippen LogP contribution in [0.3, 0.4) is 0 Å². The normalized spacial score (nSPS) is 24.0. The zero-order valence-corrected chi connectivity index (χ0v) is 10.9. The number of fused-ring (bicyclic) bond motifs is 1. The molecular weight excluding hydrogens is 244 g/mol. The van der Waals surface area contributed by atoms with Crippen molar-refractivity contribution in [2.45, 2.75) is 25.8 Å². The molecular formula is C12H18N6O. The van der Waals surface area contributed by atoms with Crippen molar-refractivity contribution in [3.05, 3.63) is 22.9 Å². The lowest BCUT2D eigenvalue weighted by molar-refractivity contribution is 0.348. The average molecular weight is 262 g/mol. The van der Waals surface area contributed by atoms with Gasteiger partial charge in [0.2, 0.25) is 0 Å². The van der Waals surface area contributed by atoms with Gasteiger partial charge in [0.1, 0.15) is 12.1 Å². The Labute approximate surface area is 110 Å². The number of nitrogens with zero attached hydrogens (tertiary/aromatic N) is 4. The summed E-state index contributed by atoms with van der Waals surface area (Å²) in [4.78, 5) is 18.0. The molecule has 0 radical (unpaired) electrons. The van der Waals surface area contributed by atoms with Gasteiger partial charge in [0, 0.05) is 25.2 Å². The van der Waals surface area contributed by atoms with E-state index < -0.39 is 0 Å². The van der Waals surface area contributed by atoms with Crippen molar-refractivity contribution in [1.29, 1.82) is 0 Å². The van der Waals surface area contributed by atoms with Gasteiger partial charge in [-0.3, -0.25) is 0 Å². The van der Waals surface area contributed by atoms with Crippen molar-refractivity contribution in [3.63, 3.8) is 0 Å². The Bertz CT molecular complexity index is 632. The summed E-state index contributed by atoms with van der Waals surface area (Å²) in [6.07, 6.45) is 3.85. The Morgan fingerprint density at radius 3 is 3.21 bits per heavy atom. The number of aromatic amines is 1. The van der Waals surface area contributed by atoms with Gasteiger partial charge in [-0.1, -0.05) is 6.92 Å². The Morgan fingerprint density at radius 1 is 1.58 bits per heavy atom. The number of anilines is 1. The fraction of sp³-hybridized carbons (Fsp3) is 0.583. The van der Waals surface area contributed by atoms with Crippen molar-refractivity contribution >= 4 is 11.5 Å². The van der Waals surface area contributed by atoms with E-state index in [9.17, 15) is 4.79 Å². The van der Waals surface area contributed by atoms with E-state index in [1.54, 1.807) is 0 Å². The summed E-state index contributed by atoms with van der Waals surface area (Å²) in [5, 5.41) is 6.39. The van der Waals surface area contributed by atoms with E-state index in [1.165, 1.54) is 17.1 Å². The lowest BCUT2D eigenvalue weighted by Crippen LogP contribution is -2.49. The number of rotatable bonds is 2. The van der Waals surface area contributed by atoms with E-state index in [2.05, 4.69) is 27.0 Å². The van der Waals surface area contributed by atoms with Crippen molar-refractivity contribution in [1.82, 2.24) is 19.6 Å². The molecule has 3 rings (SSSR count). The van der Waals surface area contributed by atoms with Crippen LogP contribution in [0.2, 0.25) is 0 Å². The highest BCUT2D eigenvalue weighted by molar-refractivity contribution is 5.51. The van der Waals surface area contributed by atoms with Crippen molar-refractivity contribution < 1.29 is 0 Å². The summed E-state index contributed by atoms with van der Waals surface area (Å²) in [7, 11) is 0. The molecule has 3 N–H and O–H groups in total. The first-order chi connectivity index (χ1) is 9.20. The van der Waals surface area contributed by atoms with Gasteiger partial charge < -0.3 is 10.6 Å². The number of H-pyrrole nitrogens is 1. The number of hydrogen-bond acceptors (Lipinski definition) is 5. The van der Waals surface area contributed by atoms with Gasteiger partial charge >= 0.3 is 5.69 Å². The first-order valence-electron chi connectivity index (χ1n) is 6.60. The molecule has 3 heterocycles. The summed E-state index contributed by atoms with van der Waals surface area (Å²) in [5.41, 5.74) is 6.21. The SMILES string of the molecule is CC1CCCN(c2cc3n[nH]c(=O)n3cn2)C1CN. The minimum absolute atomic E-state index is 0.267. The van der Waals surface area contributed by atoms with Crippen LogP contribution in [0.1, 0.15) is 19.8 Å². The highest BCUT2D eigenvalue weighted by atomic mass is 16.1. The smallest absolute Gasteiger partial charge is 0.348 e. The van der Waals surface area contributed by atoms with E-state index in [1.807, 2.05) is 6.07 Å². The van der Waals surface area contributed by atoms with Crippen LogP contribution in [0, 0.1) is 5.92 Å². The molecule has 2 aromatic rings. The quantitative estimate of drug-likeness (QED) is 0.793. The van der Waals surface area contributed by atoms with Crippen LogP contribution >= 0.6 is 0 Å². The first kappa shape index (κ1) is 12.2. The molecule has 19 heavy (non-hydrogen) atoms. The van der Waals surface area contributed by atoms with Gasteiger partial charge in [0.05, 0.1) is 0 Å². The summed E-state index contributed by atoms with van der Waals surface area (Å²) >= 11 is 0. The van der Waals surface area contributed by atoms with Crippen LogP contribution in [0.15, 0.2) is 17.2 Å². The second kappa shape index (κ2) is 4.65. The fourth-order valence-corrected chi connectivity index (χ4v) is 2.85. The predicted octanol–water partition coefficient (Wildman–Crippen LogP) is -0.0188. The Hall–Kier alpha value is -1.89. The third kappa shape index (κ3) is 1.99. The third-order valence-corrected chi connectivity index (χ3v) is 3.95. The van der Waals surface area contributed by atoms with Crippen LogP contribution in [0.4, 0.5) is 5.82 Å². The van der Waals surface area contributed by atoms with E-state index >= 15 is 0 Å². The summed E-state index contributed by atoms with van der Waals surface area (Å²) in [6.45, 7) is 3.78. The molecule has 0 spiro atoms. The minimum Gasteiger partial charge on any atom is -0.352 e. The average Bonchev–Trinajstić information content (AvgIpc) is 2.79. The van der Waals surface area contributed by atoms with Gasteiger partial charge in [-0.2, -0.15) is 5.10 Å². The van der Waals surface area contributed by atoms with Crippen LogP contribution in [0.5, 0.6) is 0 Å². The molecule has 0 aliphatic carbocycles. The van der Waals surface area contributed by atoms with E-state index in [4.69, 9.17) is 5.73 Å². The van der Waals surface area contributed by atoms with E-state index in [0.29, 0.717) is 24.2 Å². The molecule has 1 aliphatic rings. The second-order valence-electron chi connectivity index (χ2n) is 5.12. The molecule has 0 amide bonds. The molecule has 1 aliphatic heterocycles. The van der Waals surface area contributed by atoms with Gasteiger partial charge in [0.25, 0.3) is 0 Å². The number of nitrogens with two attached hydrogens (primary N) is 1. The van der Waals surface area contributed by atoms with Crippen molar-refractivity contribution in [3.8, 4) is 0 Å². The van der Waals surface area contributed by atoms with Gasteiger partial charge in [-0.25, -0.2) is 19.3 Å². The minimum atomic E-state index is -0.267. The topological polar surface area (TPSA) is 92.3 Å². The lowest BCUT2D eigenvalue weighted by atomic mass is 9.91. The second-order valence-corrected chi connectivity index (χ2v) is 5.12. The van der Waals surface area contributed by atoms with Gasteiger partial charge in [-0.05, 0) is 18.8 Å². The van der Waals surface area contributed by atoms with E-state index in [-0.39, 0.29) is 5.69 Å². The number of piperidine rings is 1. The maximum absolute atomic E-state index is 11.4. The van der Waals surface area contributed by atoms with Crippen LogP contribution in [-0.4, -0.2) is 38.7 Å². The number of hydrogen-bond donors (Lipinski definition) is 2. The molecule has 0 saturated carbocycles. The number of nitrogens with one attached hydrogen (secondary N) is 1. The standard InChI is InChI=1S/C12H18N6O/c1-8-3-2-4-17(9(8)6-13)10-5-11-15-16-12(19)18(11)7-14-10/h5,7-9H,2-4,6,13H2,1H3,(H,16,19). The summed E-state index contributed by atoms with van der Waals surface area (Å²) < 4.78 is 1.40. The highest BCUT2D eigenvalue weighted by Gasteiger charge is 2.28. The van der Waals surface area contributed by atoms with Gasteiger partial charge in [-0.15, -0.1) is 0 Å². The number of aromatic nitrogens is 4. The van der Waals surface area contributed by atoms with Crippen LogP contribution in [-0.2, 0) is 0 Å². The first-order valence-corrected chi connectivity index (χ1v) is 6.60. The Balaban J connectivity index is 2.00. The molecule has 0 bridgehead atoms. The van der Waals surface area contributed by atoms with Gasteiger partial charge in [0.15, 0.2) is 5.65 Å². The third-order valence-electron chi connectivity index (χ3n) is 3.95. The predicted molar refractivity (Wildman–Crippen MR) is 72.2 cm³/mol. The van der Waals surface area contributed by atoms with E-state index in [0.717, 1.165) is 18.8 Å². The molecule has 102 valence electrons. The van der Waals surface area contributed by atoms with Crippen molar-refractivity contribution in [2.24, 2.45) is 11.7 Å². The highest BCUT2D eigenvalue weighted by Crippen LogP contribution is 2.26. The largest absolute Gasteiger partial charge is 0.352 e. The molecule has 1 saturated heterocycles. The zero-order chi connectivity index (χ0) is 13.4. The molecule has 2 aromatic heterocycles. The maximum Gasteiger partial charge on any atom is 0.348 e. The molecule has 0 aromatic carbocycles. The lowest BCUT2D eigenvalue weighted by Gasteiger charge is -2.40. The molecule has 1 fully saturated rings. The molecule has 2 atom stereocenters. The van der Waals surface area contributed by atoms with Crippen LogP contribution < -0.4 is 16.3 Å². The Kier molecular flexibility index (Phi) is 2.98. The molecule has 7 heteroatoms. The summed E-state index contributed by atoms with van der Waals surface area (Å²) in [5.74, 6) is 1.40.